The molecule has 2 aromatic carbocycles. The van der Waals surface area contributed by atoms with Crippen LogP contribution in [0.15, 0.2) is 73.1 Å². The van der Waals surface area contributed by atoms with Gasteiger partial charge in [-0.15, -0.1) is 0 Å². The number of carbonyl (C=O) groups excluding carboxylic acids is 10. The summed E-state index contributed by atoms with van der Waals surface area (Å²) in [5.74, 6) is -9.15. The van der Waals surface area contributed by atoms with E-state index in [4.69, 9.17) is 9.47 Å². The highest BCUT2D eigenvalue weighted by Crippen LogP contribution is 2.32. The number of amides is 8. The average Bonchev–Trinajstić information content (AvgIpc) is 3.62. The molecule has 24 heteroatoms. The van der Waals surface area contributed by atoms with Gasteiger partial charge < -0.3 is 50.3 Å². The molecule has 0 radical (unpaired) electrons. The second-order valence-corrected chi connectivity index (χ2v) is 21.7. The molecule has 8 amide bonds. The number of likely N-dealkylation sites (N-methyl/N-ethyl adjacent to an activating group) is 4. The van der Waals surface area contributed by atoms with Crippen molar-refractivity contribution in [1.82, 2.24) is 60.8 Å². The summed E-state index contributed by atoms with van der Waals surface area (Å²) in [7, 11) is 5.57. The molecule has 4 aliphatic rings. The van der Waals surface area contributed by atoms with Gasteiger partial charge in [0.2, 0.25) is 35.4 Å². The minimum absolute atomic E-state index is 0.163. The topological polar surface area (TPSA) is 302 Å². The van der Waals surface area contributed by atoms with Gasteiger partial charge in [0.25, 0.3) is 11.8 Å². The van der Waals surface area contributed by atoms with Gasteiger partial charge in [0.05, 0.1) is 34.5 Å². The Morgan fingerprint density at radius 2 is 0.854 bits per heavy atom. The van der Waals surface area contributed by atoms with Gasteiger partial charge in [-0.1, -0.05) is 74.9 Å². The van der Waals surface area contributed by atoms with Crippen LogP contribution in [0.3, 0.4) is 0 Å². The van der Waals surface area contributed by atoms with Crippen LogP contribution >= 0.6 is 0 Å². The predicted molar refractivity (Wildman–Crippen MR) is 296 cm³/mol. The van der Waals surface area contributed by atoms with Crippen molar-refractivity contribution in [2.45, 2.75) is 139 Å². The number of rotatable bonds is 6. The zero-order valence-corrected chi connectivity index (χ0v) is 47.1. The molecule has 2 aromatic heterocycles. The Morgan fingerprint density at radius 1 is 0.500 bits per heavy atom. The van der Waals surface area contributed by atoms with E-state index in [2.05, 4.69) is 41.2 Å². The molecule has 8 rings (SSSR count). The van der Waals surface area contributed by atoms with Gasteiger partial charge in [-0.2, -0.15) is 0 Å². The summed E-state index contributed by atoms with van der Waals surface area (Å²) in [5.41, 5.74) is 1.47. The van der Waals surface area contributed by atoms with Crippen LogP contribution in [0.5, 0.6) is 0 Å². The smallest absolute Gasteiger partial charge is 0.329 e. The number of esters is 2. The maximum Gasteiger partial charge on any atom is 0.329 e. The Kier molecular flexibility index (Phi) is 19.6. The number of benzene rings is 2. The Balaban J connectivity index is 1.19. The van der Waals surface area contributed by atoms with Crippen LogP contribution in [-0.2, 0) is 47.8 Å². The van der Waals surface area contributed by atoms with E-state index < -0.39 is 133 Å². The molecule has 4 N–H and O–H groups in total. The number of aromatic nitrogens is 4. The van der Waals surface area contributed by atoms with Crippen LogP contribution < -0.4 is 21.3 Å². The summed E-state index contributed by atoms with van der Waals surface area (Å²) in [6.07, 6.45) is 12.1. The first kappa shape index (κ1) is 59.7. The molecular weight excluding hydrogens is 1060 g/mol. The molecule has 2 aliphatic carbocycles. The van der Waals surface area contributed by atoms with E-state index in [9.17, 15) is 38.4 Å². The van der Waals surface area contributed by atoms with Crippen LogP contribution in [0.2, 0.25) is 0 Å². The summed E-state index contributed by atoms with van der Waals surface area (Å²) in [6.45, 7) is 1.25. The molecule has 2 aliphatic heterocycles. The molecule has 0 saturated heterocycles. The van der Waals surface area contributed by atoms with Crippen LogP contribution in [0.25, 0.3) is 22.1 Å². The third-order valence-electron chi connectivity index (χ3n) is 16.1. The van der Waals surface area contributed by atoms with E-state index in [0.29, 0.717) is 47.8 Å². The second kappa shape index (κ2) is 26.9. The van der Waals surface area contributed by atoms with Crippen molar-refractivity contribution in [3.05, 3.63) is 84.5 Å². The van der Waals surface area contributed by atoms with E-state index in [-0.39, 0.29) is 24.2 Å². The van der Waals surface area contributed by atoms with Crippen molar-refractivity contribution >= 4 is 81.3 Å². The number of para-hydroxylation sites is 4. The first-order chi connectivity index (χ1) is 39.3. The van der Waals surface area contributed by atoms with Gasteiger partial charge in [-0.3, -0.25) is 48.3 Å². The van der Waals surface area contributed by atoms with E-state index in [0.717, 1.165) is 48.3 Å². The number of nitrogens with zero attached hydrogens (tertiary/aromatic N) is 8. The highest BCUT2D eigenvalue weighted by atomic mass is 16.5. The highest BCUT2D eigenvalue weighted by molar-refractivity contribution is 6.01. The molecular formula is C58H72N12O12. The number of nitrogens with one attached hydrogen (secondary N) is 4. The molecule has 2 saturated carbocycles. The number of hydrogen-bond donors (Lipinski definition) is 4. The largest absolute Gasteiger partial charge is 0.461 e. The zero-order chi connectivity index (χ0) is 58.8. The third-order valence-corrected chi connectivity index (χ3v) is 16.1. The van der Waals surface area contributed by atoms with E-state index in [1.165, 1.54) is 64.2 Å². The Hall–Kier alpha value is -8.44. The third kappa shape index (κ3) is 13.8. The molecule has 0 unspecified atom stereocenters. The Morgan fingerprint density at radius 3 is 1.22 bits per heavy atom. The zero-order valence-electron chi connectivity index (χ0n) is 47.1. The first-order valence-corrected chi connectivity index (χ1v) is 28.0. The van der Waals surface area contributed by atoms with Gasteiger partial charge in [0.15, 0.2) is 0 Å². The van der Waals surface area contributed by atoms with Crippen molar-refractivity contribution in [3.63, 3.8) is 0 Å². The molecule has 2 bridgehead atoms. The molecule has 436 valence electrons. The maximum absolute atomic E-state index is 15.2. The molecule has 4 aromatic rings. The summed E-state index contributed by atoms with van der Waals surface area (Å²) in [6, 6.07) is 2.42. The second-order valence-electron chi connectivity index (χ2n) is 21.7. The Bertz CT molecular complexity index is 2910. The summed E-state index contributed by atoms with van der Waals surface area (Å²) >= 11 is 0. The van der Waals surface area contributed by atoms with E-state index >= 15 is 9.59 Å². The summed E-state index contributed by atoms with van der Waals surface area (Å²) in [5, 5.41) is 10.4. The van der Waals surface area contributed by atoms with Gasteiger partial charge in [0, 0.05) is 28.2 Å². The monoisotopic (exact) mass is 1130 g/mol. The minimum atomic E-state index is -1.64. The molecule has 24 nitrogen and oxygen atoms in total. The van der Waals surface area contributed by atoms with Gasteiger partial charge in [0.1, 0.15) is 72.9 Å². The van der Waals surface area contributed by atoms with E-state index in [1.54, 1.807) is 60.7 Å². The van der Waals surface area contributed by atoms with Crippen molar-refractivity contribution in [2.75, 3.05) is 41.4 Å². The number of hydrogen-bond acceptors (Lipinski definition) is 16. The van der Waals surface area contributed by atoms with Gasteiger partial charge >= 0.3 is 11.9 Å². The molecule has 8 atom stereocenters. The molecule has 0 spiro atoms. The van der Waals surface area contributed by atoms with Gasteiger partial charge in [-0.25, -0.2) is 19.6 Å². The number of cyclic esters (lactones) is 2. The van der Waals surface area contributed by atoms with Crippen LogP contribution in [-0.4, -0.2) is 188 Å². The van der Waals surface area contributed by atoms with Gasteiger partial charge in [-0.05, 0) is 88.5 Å². The van der Waals surface area contributed by atoms with Crippen LogP contribution in [0.4, 0.5) is 0 Å². The number of ether oxygens (including phenoxy) is 2. The van der Waals surface area contributed by atoms with Crippen LogP contribution in [0.1, 0.15) is 112 Å². The van der Waals surface area contributed by atoms with E-state index in [1.807, 2.05) is 0 Å². The maximum atomic E-state index is 15.2. The standard InChI is InChI=1S/C58H72N12O12/c1-33-53(75)67(3)45-27-17-18-28-46(56(78)70(6)48(36-21-11-8-12-22-36)57(79)81-31-43(51(73)61-33)65-49(71)41-29-59-37-23-13-15-25-39(37)63-41)68(4)54(76)34(2)62-52(74)44(66-50(72)42-30-60-38-24-14-16-26-40(38)64-42)32-82-58(80)47(69(5)55(45)77)35-19-9-7-10-20-35/h13-18,23-26,29-30,33-36,43-48H,7-12,19-22,27-28,31-32H2,1-6H3,(H,61,73)(H,62,74)(H,65,71)(H,66,72)/b18-17-/t33-,34-,43+,44+,45-,46-,47-,48-/m0/s1. The molecule has 2 fully saturated rings. The number of carbonyl (C=O) groups is 10. The lowest BCUT2D eigenvalue weighted by molar-refractivity contribution is -0.161. The minimum Gasteiger partial charge on any atom is -0.461 e. The quantitative estimate of drug-likeness (QED) is 0.159. The van der Waals surface area contributed by atoms with Crippen molar-refractivity contribution in [3.8, 4) is 0 Å². The summed E-state index contributed by atoms with van der Waals surface area (Å²) < 4.78 is 11.9. The fourth-order valence-corrected chi connectivity index (χ4v) is 11.4. The fraction of sp³-hybridized carbons (Fsp3) is 0.517. The SMILES string of the molecule is C[C@@H]1NC(=O)[C@H](NC(=O)c2cnc3ccccc3n2)COC(=O)[C@H](C2CCCCC2)N(C)C(=O)[C@@H]2C/C=C\C[C@@H](C(=O)N(C)[C@@H](C3CCCCC3)C(=O)OC[C@@H](NC(=O)c3cnc4ccccc4n3)C(=O)N[C@@H](C)C(=O)N2C)N(C)C1=O. The lowest BCUT2D eigenvalue weighted by Gasteiger charge is -2.39. The lowest BCUT2D eigenvalue weighted by Crippen LogP contribution is -2.60. The predicted octanol–water partition coefficient (Wildman–Crippen LogP) is 2.40. The van der Waals surface area contributed by atoms with Crippen LogP contribution in [0, 0.1) is 11.8 Å². The average molecular weight is 1130 g/mol. The normalized spacial score (nSPS) is 26.6. The number of fused-ring (bicyclic) bond motifs is 6. The first-order valence-electron chi connectivity index (χ1n) is 28.0. The Labute approximate surface area is 474 Å². The van der Waals surface area contributed by atoms with Crippen molar-refractivity contribution < 1.29 is 57.4 Å². The summed E-state index contributed by atoms with van der Waals surface area (Å²) in [4.78, 5) is 168. The highest BCUT2D eigenvalue weighted by Gasteiger charge is 2.44. The lowest BCUT2D eigenvalue weighted by atomic mass is 9.83. The molecule has 82 heavy (non-hydrogen) atoms. The fourth-order valence-electron chi connectivity index (χ4n) is 11.4. The molecule has 4 heterocycles. The van der Waals surface area contributed by atoms with Crippen molar-refractivity contribution in [1.29, 1.82) is 0 Å². The van der Waals surface area contributed by atoms with Crippen molar-refractivity contribution in [2.24, 2.45) is 11.8 Å².